The standard InChI is InChI=1S/C18H23N3OS/c1-2-13-4-3-5-14(10-13)11-17(22)21-18-20-12-16(23-18)15-6-8-19-9-7-15/h3-5,10,12,15,19H,2,6-9,11H2,1H3,(H,20,21,22). The van der Waals surface area contributed by atoms with Gasteiger partial charge in [-0.25, -0.2) is 4.98 Å². The van der Waals surface area contributed by atoms with Crippen LogP contribution in [-0.2, 0) is 17.6 Å². The average molecular weight is 329 g/mol. The highest BCUT2D eigenvalue weighted by molar-refractivity contribution is 7.15. The van der Waals surface area contributed by atoms with Crippen LogP contribution in [0.2, 0.25) is 0 Å². The van der Waals surface area contributed by atoms with Crippen LogP contribution in [0.15, 0.2) is 30.5 Å². The molecule has 4 nitrogen and oxygen atoms in total. The fourth-order valence-electron chi connectivity index (χ4n) is 2.95. The van der Waals surface area contributed by atoms with Gasteiger partial charge in [-0.1, -0.05) is 31.2 Å². The van der Waals surface area contributed by atoms with E-state index in [9.17, 15) is 4.79 Å². The molecule has 0 atom stereocenters. The van der Waals surface area contributed by atoms with Gasteiger partial charge in [0.15, 0.2) is 5.13 Å². The largest absolute Gasteiger partial charge is 0.317 e. The minimum Gasteiger partial charge on any atom is -0.317 e. The average Bonchev–Trinajstić information content (AvgIpc) is 3.04. The fraction of sp³-hybridized carbons (Fsp3) is 0.444. The molecule has 1 saturated heterocycles. The molecule has 0 saturated carbocycles. The summed E-state index contributed by atoms with van der Waals surface area (Å²) in [5.41, 5.74) is 2.31. The Balaban J connectivity index is 1.58. The van der Waals surface area contributed by atoms with Gasteiger partial charge in [0.25, 0.3) is 0 Å². The van der Waals surface area contributed by atoms with Crippen LogP contribution in [0, 0.1) is 0 Å². The maximum absolute atomic E-state index is 12.2. The lowest BCUT2D eigenvalue weighted by atomic mass is 9.97. The summed E-state index contributed by atoms with van der Waals surface area (Å²) in [6.07, 6.45) is 5.62. The monoisotopic (exact) mass is 329 g/mol. The molecule has 1 aliphatic heterocycles. The van der Waals surface area contributed by atoms with Crippen LogP contribution in [0.3, 0.4) is 0 Å². The molecule has 3 rings (SSSR count). The number of piperidine rings is 1. The lowest BCUT2D eigenvalue weighted by molar-refractivity contribution is -0.115. The Morgan fingerprint density at radius 1 is 1.35 bits per heavy atom. The molecule has 1 amide bonds. The Bertz CT molecular complexity index is 662. The maximum Gasteiger partial charge on any atom is 0.230 e. The molecule has 1 aromatic carbocycles. The lowest BCUT2D eigenvalue weighted by Crippen LogP contribution is -2.26. The van der Waals surface area contributed by atoms with Crippen LogP contribution in [0.25, 0.3) is 0 Å². The highest BCUT2D eigenvalue weighted by Gasteiger charge is 2.18. The zero-order chi connectivity index (χ0) is 16.1. The number of aromatic nitrogens is 1. The third kappa shape index (κ3) is 4.39. The second kappa shape index (κ2) is 7.70. The Morgan fingerprint density at radius 3 is 2.91 bits per heavy atom. The summed E-state index contributed by atoms with van der Waals surface area (Å²) in [4.78, 5) is 17.9. The lowest BCUT2D eigenvalue weighted by Gasteiger charge is -2.20. The SMILES string of the molecule is CCc1cccc(CC(=O)Nc2ncc(C3CCNCC3)s2)c1. The van der Waals surface area contributed by atoms with Crippen molar-refractivity contribution >= 4 is 22.4 Å². The topological polar surface area (TPSA) is 54.0 Å². The van der Waals surface area contributed by atoms with Crippen molar-refractivity contribution in [2.24, 2.45) is 0 Å². The highest BCUT2D eigenvalue weighted by atomic mass is 32.1. The number of rotatable bonds is 5. The summed E-state index contributed by atoms with van der Waals surface area (Å²) < 4.78 is 0. The summed E-state index contributed by atoms with van der Waals surface area (Å²) in [5.74, 6) is 0.588. The molecular formula is C18H23N3OS. The molecule has 1 fully saturated rings. The number of carbonyl (C=O) groups excluding carboxylic acids is 1. The number of anilines is 1. The smallest absolute Gasteiger partial charge is 0.230 e. The number of thiazole rings is 1. The highest BCUT2D eigenvalue weighted by Crippen LogP contribution is 2.31. The minimum absolute atomic E-state index is 0.00413. The van der Waals surface area contributed by atoms with E-state index in [-0.39, 0.29) is 5.91 Å². The fourth-order valence-corrected chi connectivity index (χ4v) is 3.95. The quantitative estimate of drug-likeness (QED) is 0.884. The minimum atomic E-state index is 0.00413. The third-order valence-corrected chi connectivity index (χ3v) is 5.35. The van der Waals surface area contributed by atoms with Gasteiger partial charge in [0, 0.05) is 11.1 Å². The van der Waals surface area contributed by atoms with Gasteiger partial charge < -0.3 is 10.6 Å². The van der Waals surface area contributed by atoms with E-state index in [1.165, 1.54) is 10.4 Å². The zero-order valence-electron chi connectivity index (χ0n) is 13.5. The molecule has 2 aromatic rings. The summed E-state index contributed by atoms with van der Waals surface area (Å²) >= 11 is 1.62. The molecule has 0 spiro atoms. The molecule has 23 heavy (non-hydrogen) atoms. The molecule has 2 heterocycles. The van der Waals surface area contributed by atoms with Gasteiger partial charge in [0.05, 0.1) is 6.42 Å². The number of hydrogen-bond donors (Lipinski definition) is 2. The first-order chi connectivity index (χ1) is 11.2. The Hall–Kier alpha value is -1.72. The van der Waals surface area contributed by atoms with Crippen LogP contribution in [0.5, 0.6) is 0 Å². The normalized spacial score (nSPS) is 15.5. The molecule has 122 valence electrons. The third-order valence-electron chi connectivity index (χ3n) is 4.28. The number of nitrogens with one attached hydrogen (secondary N) is 2. The van der Waals surface area contributed by atoms with Crippen molar-refractivity contribution in [1.82, 2.24) is 10.3 Å². The van der Waals surface area contributed by atoms with Gasteiger partial charge in [-0.2, -0.15) is 0 Å². The number of hydrogen-bond acceptors (Lipinski definition) is 4. The van der Waals surface area contributed by atoms with E-state index in [1.807, 2.05) is 18.3 Å². The molecule has 1 aromatic heterocycles. The van der Waals surface area contributed by atoms with Crippen molar-refractivity contribution in [3.63, 3.8) is 0 Å². The predicted octanol–water partition coefficient (Wildman–Crippen LogP) is 3.35. The summed E-state index contributed by atoms with van der Waals surface area (Å²) in [5, 5.41) is 7.03. The molecule has 0 bridgehead atoms. The predicted molar refractivity (Wildman–Crippen MR) is 95.1 cm³/mol. The zero-order valence-corrected chi connectivity index (χ0v) is 14.3. The van der Waals surface area contributed by atoms with Crippen molar-refractivity contribution in [3.05, 3.63) is 46.5 Å². The molecule has 0 unspecified atom stereocenters. The summed E-state index contributed by atoms with van der Waals surface area (Å²) in [6.45, 7) is 4.26. The molecule has 0 radical (unpaired) electrons. The van der Waals surface area contributed by atoms with E-state index < -0.39 is 0 Å². The number of carbonyl (C=O) groups is 1. The Kier molecular flexibility index (Phi) is 5.41. The van der Waals surface area contributed by atoms with Crippen LogP contribution < -0.4 is 10.6 Å². The van der Waals surface area contributed by atoms with Crippen LogP contribution in [0.4, 0.5) is 5.13 Å². The first-order valence-electron chi connectivity index (χ1n) is 8.28. The van der Waals surface area contributed by atoms with Crippen LogP contribution in [0.1, 0.15) is 41.7 Å². The number of aryl methyl sites for hydroxylation is 1. The molecule has 0 aliphatic carbocycles. The van der Waals surface area contributed by atoms with E-state index in [0.717, 1.165) is 43.0 Å². The van der Waals surface area contributed by atoms with E-state index in [2.05, 4.69) is 34.7 Å². The first-order valence-corrected chi connectivity index (χ1v) is 9.10. The second-order valence-electron chi connectivity index (χ2n) is 5.99. The van der Waals surface area contributed by atoms with Gasteiger partial charge in [0.1, 0.15) is 0 Å². The molecular weight excluding hydrogens is 306 g/mol. The van der Waals surface area contributed by atoms with Gasteiger partial charge >= 0.3 is 0 Å². The van der Waals surface area contributed by atoms with Crippen molar-refractivity contribution in [2.75, 3.05) is 18.4 Å². The number of amides is 1. The Morgan fingerprint density at radius 2 is 2.13 bits per heavy atom. The second-order valence-corrected chi connectivity index (χ2v) is 7.05. The van der Waals surface area contributed by atoms with Crippen molar-refractivity contribution in [1.29, 1.82) is 0 Å². The van der Waals surface area contributed by atoms with Gasteiger partial charge in [-0.05, 0) is 49.4 Å². The van der Waals surface area contributed by atoms with Gasteiger partial charge in [-0.3, -0.25) is 4.79 Å². The van der Waals surface area contributed by atoms with E-state index >= 15 is 0 Å². The molecule has 2 N–H and O–H groups in total. The summed E-state index contributed by atoms with van der Waals surface area (Å²) in [6, 6.07) is 8.20. The maximum atomic E-state index is 12.2. The van der Waals surface area contributed by atoms with E-state index in [4.69, 9.17) is 0 Å². The first kappa shape index (κ1) is 16.1. The van der Waals surface area contributed by atoms with E-state index in [1.54, 1.807) is 11.3 Å². The van der Waals surface area contributed by atoms with E-state index in [0.29, 0.717) is 12.3 Å². The Labute approximate surface area is 141 Å². The van der Waals surface area contributed by atoms with Crippen molar-refractivity contribution in [2.45, 2.75) is 38.5 Å². The van der Waals surface area contributed by atoms with Crippen LogP contribution >= 0.6 is 11.3 Å². The van der Waals surface area contributed by atoms with Gasteiger partial charge in [-0.15, -0.1) is 11.3 Å². The van der Waals surface area contributed by atoms with Crippen molar-refractivity contribution < 1.29 is 4.79 Å². The molecule has 5 heteroatoms. The summed E-state index contributed by atoms with van der Waals surface area (Å²) in [7, 11) is 0. The van der Waals surface area contributed by atoms with Crippen LogP contribution in [-0.4, -0.2) is 24.0 Å². The number of benzene rings is 1. The number of nitrogens with zero attached hydrogens (tertiary/aromatic N) is 1. The molecule has 1 aliphatic rings. The van der Waals surface area contributed by atoms with Crippen molar-refractivity contribution in [3.8, 4) is 0 Å². The van der Waals surface area contributed by atoms with Gasteiger partial charge in [0.2, 0.25) is 5.91 Å².